The van der Waals surface area contributed by atoms with Crippen LogP contribution in [0, 0.1) is 11.8 Å². The minimum absolute atomic E-state index is 0.0570. The molecule has 3 aliphatic rings. The zero-order chi connectivity index (χ0) is 21.5. The average Bonchev–Trinajstić information content (AvgIpc) is 3.40. The Balaban J connectivity index is 1.56. The summed E-state index contributed by atoms with van der Waals surface area (Å²) in [6, 6.07) is 7.13. The van der Waals surface area contributed by atoms with Crippen molar-refractivity contribution < 1.29 is 19.1 Å². The van der Waals surface area contributed by atoms with Crippen LogP contribution in [0.1, 0.15) is 51.1 Å². The highest BCUT2D eigenvalue weighted by molar-refractivity contribution is 7.13. The second kappa shape index (κ2) is 8.11. The summed E-state index contributed by atoms with van der Waals surface area (Å²) in [5.41, 5.74) is 1.34. The fourth-order valence-electron chi connectivity index (χ4n) is 4.89. The number of benzene rings is 1. The zero-order valence-electron chi connectivity index (χ0n) is 17.7. The van der Waals surface area contributed by atoms with E-state index in [1.54, 1.807) is 11.1 Å². The highest BCUT2D eigenvalue weighted by Crippen LogP contribution is 2.49. The van der Waals surface area contributed by atoms with Gasteiger partial charge in [-0.3, -0.25) is 14.5 Å². The fraction of sp³-hybridized carbons (Fsp3) is 0.458. The highest BCUT2D eigenvalue weighted by Gasteiger charge is 2.53. The van der Waals surface area contributed by atoms with Crippen molar-refractivity contribution in [1.29, 1.82) is 0 Å². The number of anilines is 1. The Morgan fingerprint density at radius 2 is 2.03 bits per heavy atom. The lowest BCUT2D eigenvalue weighted by Gasteiger charge is -2.37. The summed E-state index contributed by atoms with van der Waals surface area (Å²) in [6.45, 7) is 4.89. The third-order valence-electron chi connectivity index (χ3n) is 6.40. The molecule has 0 bridgehead atoms. The van der Waals surface area contributed by atoms with Crippen LogP contribution in [0.15, 0.2) is 47.2 Å². The van der Waals surface area contributed by atoms with Gasteiger partial charge in [0.1, 0.15) is 11.9 Å². The molecule has 1 aromatic carbocycles. The maximum absolute atomic E-state index is 13.7. The smallest absolute Gasteiger partial charge is 0.296 e. The first kappa shape index (κ1) is 20.2. The number of ketones is 1. The van der Waals surface area contributed by atoms with Crippen LogP contribution in [0.25, 0.3) is 0 Å². The van der Waals surface area contributed by atoms with Crippen LogP contribution >= 0.6 is 11.3 Å². The van der Waals surface area contributed by atoms with E-state index in [4.69, 9.17) is 9.47 Å². The number of Topliss-reactive ketones (excluding diaryl/α,β-unsaturated/α-hetero) is 1. The van der Waals surface area contributed by atoms with Crippen LogP contribution in [0.3, 0.4) is 0 Å². The number of hydrogen-bond donors (Lipinski definition) is 0. The Bertz CT molecular complexity index is 1010. The average molecular weight is 439 g/mol. The van der Waals surface area contributed by atoms with Crippen molar-refractivity contribution in [3.8, 4) is 5.75 Å². The van der Waals surface area contributed by atoms with E-state index >= 15 is 0 Å². The molecule has 1 saturated carbocycles. The molecular formula is C24H26N2O4S. The SMILES string of the molecule is CCCOc1ccc(C2C3=C(OC4CCC(C)CC4C3=O)C(=O)N2c2nccs2)cc1. The summed E-state index contributed by atoms with van der Waals surface area (Å²) >= 11 is 1.38. The van der Waals surface area contributed by atoms with Crippen LogP contribution in [-0.2, 0) is 14.3 Å². The van der Waals surface area contributed by atoms with Gasteiger partial charge in [0.2, 0.25) is 0 Å². The standard InChI is InChI=1S/C24H26N2O4S/c1-3-11-29-16-7-5-15(6-8-16)20-19-21(27)17-13-14(2)4-9-18(17)30-22(19)23(28)26(20)24-25-10-12-31-24/h5-8,10,12,14,17-18,20H,3-4,9,11,13H2,1-2H3. The number of carbonyl (C=O) groups excluding carboxylic acids is 2. The molecule has 0 spiro atoms. The molecule has 1 fully saturated rings. The Kier molecular flexibility index (Phi) is 5.30. The van der Waals surface area contributed by atoms with Crippen LogP contribution in [-0.4, -0.2) is 29.4 Å². The van der Waals surface area contributed by atoms with Gasteiger partial charge in [-0.1, -0.05) is 26.0 Å². The van der Waals surface area contributed by atoms with Gasteiger partial charge in [-0.15, -0.1) is 11.3 Å². The molecule has 1 aliphatic carbocycles. The molecule has 0 N–H and O–H groups in total. The van der Waals surface area contributed by atoms with E-state index in [1.165, 1.54) is 11.3 Å². The highest BCUT2D eigenvalue weighted by atomic mass is 32.1. The number of ether oxygens (including phenoxy) is 2. The number of rotatable bonds is 5. The van der Waals surface area contributed by atoms with Crippen molar-refractivity contribution in [1.82, 2.24) is 4.98 Å². The van der Waals surface area contributed by atoms with Crippen molar-refractivity contribution in [2.45, 2.75) is 51.7 Å². The number of amides is 1. The minimum Gasteiger partial charge on any atom is -0.494 e. The summed E-state index contributed by atoms with van der Waals surface area (Å²) < 4.78 is 11.9. The van der Waals surface area contributed by atoms with Gasteiger partial charge < -0.3 is 9.47 Å². The van der Waals surface area contributed by atoms with E-state index in [0.717, 1.165) is 37.0 Å². The summed E-state index contributed by atoms with van der Waals surface area (Å²) in [5.74, 6) is 1.08. The predicted octanol–water partition coefficient (Wildman–Crippen LogP) is 4.68. The van der Waals surface area contributed by atoms with Crippen molar-refractivity contribution in [2.75, 3.05) is 11.5 Å². The lowest BCUT2D eigenvalue weighted by atomic mass is 9.74. The molecule has 4 unspecified atom stereocenters. The van der Waals surface area contributed by atoms with Gasteiger partial charge in [-0.2, -0.15) is 0 Å². The zero-order valence-corrected chi connectivity index (χ0v) is 18.6. The van der Waals surface area contributed by atoms with Crippen molar-refractivity contribution in [2.24, 2.45) is 11.8 Å². The van der Waals surface area contributed by atoms with Crippen LogP contribution < -0.4 is 9.64 Å². The second-order valence-corrected chi connectivity index (χ2v) is 9.47. The predicted molar refractivity (Wildman–Crippen MR) is 118 cm³/mol. The number of nitrogens with zero attached hydrogens (tertiary/aromatic N) is 2. The molecule has 1 aromatic heterocycles. The van der Waals surface area contributed by atoms with E-state index in [-0.39, 0.29) is 29.5 Å². The third-order valence-corrected chi connectivity index (χ3v) is 7.17. The molecule has 0 saturated heterocycles. The summed E-state index contributed by atoms with van der Waals surface area (Å²) in [4.78, 5) is 33.1. The Labute approximate surface area is 185 Å². The first-order valence-corrected chi connectivity index (χ1v) is 11.9. The van der Waals surface area contributed by atoms with Gasteiger partial charge in [-0.25, -0.2) is 4.98 Å². The number of hydrogen-bond acceptors (Lipinski definition) is 6. The summed E-state index contributed by atoms with van der Waals surface area (Å²) in [7, 11) is 0. The second-order valence-electron chi connectivity index (χ2n) is 8.60. The molecule has 31 heavy (non-hydrogen) atoms. The maximum Gasteiger partial charge on any atom is 0.296 e. The van der Waals surface area contributed by atoms with Gasteiger partial charge >= 0.3 is 0 Å². The molecule has 4 atom stereocenters. The quantitative estimate of drug-likeness (QED) is 0.678. The van der Waals surface area contributed by atoms with E-state index < -0.39 is 6.04 Å². The van der Waals surface area contributed by atoms with E-state index in [9.17, 15) is 9.59 Å². The van der Waals surface area contributed by atoms with Crippen molar-refractivity contribution in [3.63, 3.8) is 0 Å². The molecule has 2 aliphatic heterocycles. The number of carbonyl (C=O) groups is 2. The molecule has 6 nitrogen and oxygen atoms in total. The van der Waals surface area contributed by atoms with Gasteiger partial charge in [0, 0.05) is 11.6 Å². The molecule has 5 rings (SSSR count). The van der Waals surface area contributed by atoms with Gasteiger partial charge in [0.05, 0.1) is 24.1 Å². The van der Waals surface area contributed by atoms with Gasteiger partial charge in [0.15, 0.2) is 16.7 Å². The van der Waals surface area contributed by atoms with E-state index in [1.807, 2.05) is 29.6 Å². The molecule has 0 radical (unpaired) electrons. The van der Waals surface area contributed by atoms with E-state index in [0.29, 0.717) is 23.2 Å². The van der Waals surface area contributed by atoms with Gasteiger partial charge in [0.25, 0.3) is 5.91 Å². The molecular weight excluding hydrogens is 412 g/mol. The van der Waals surface area contributed by atoms with Crippen molar-refractivity contribution in [3.05, 3.63) is 52.7 Å². The Morgan fingerprint density at radius 1 is 1.23 bits per heavy atom. The molecule has 3 heterocycles. The topological polar surface area (TPSA) is 68.7 Å². The van der Waals surface area contributed by atoms with Crippen LogP contribution in [0.4, 0.5) is 5.13 Å². The normalized spacial score (nSPS) is 27.7. The van der Waals surface area contributed by atoms with Crippen LogP contribution in [0.2, 0.25) is 0 Å². The Morgan fingerprint density at radius 3 is 2.74 bits per heavy atom. The first-order chi connectivity index (χ1) is 15.1. The number of thiazole rings is 1. The first-order valence-electron chi connectivity index (χ1n) is 11.0. The minimum atomic E-state index is -0.528. The van der Waals surface area contributed by atoms with Crippen molar-refractivity contribution >= 4 is 28.2 Å². The lowest BCUT2D eigenvalue weighted by Crippen LogP contribution is -2.41. The largest absolute Gasteiger partial charge is 0.494 e. The van der Waals surface area contributed by atoms with Crippen LogP contribution in [0.5, 0.6) is 5.75 Å². The van der Waals surface area contributed by atoms with Gasteiger partial charge in [-0.05, 0) is 49.3 Å². The Hall–Kier alpha value is -2.67. The number of fused-ring (bicyclic) bond motifs is 1. The molecule has 1 amide bonds. The fourth-order valence-corrected chi connectivity index (χ4v) is 5.56. The molecule has 162 valence electrons. The van der Waals surface area contributed by atoms with E-state index in [2.05, 4.69) is 18.8 Å². The summed E-state index contributed by atoms with van der Waals surface area (Å²) in [6.07, 6.45) is 5.04. The third kappa shape index (κ3) is 3.45. The number of aromatic nitrogens is 1. The molecule has 7 heteroatoms. The monoisotopic (exact) mass is 438 g/mol. The summed E-state index contributed by atoms with van der Waals surface area (Å²) in [5, 5.41) is 2.41. The maximum atomic E-state index is 13.7. The molecule has 2 aromatic rings. The lowest BCUT2D eigenvalue weighted by molar-refractivity contribution is -0.132.